The predicted octanol–water partition coefficient (Wildman–Crippen LogP) is 1.28. The predicted molar refractivity (Wildman–Crippen MR) is 70.3 cm³/mol. The maximum absolute atomic E-state index is 9.34. The Labute approximate surface area is 108 Å². The van der Waals surface area contributed by atoms with Gasteiger partial charge in [-0.2, -0.15) is 10.4 Å². The van der Waals surface area contributed by atoms with Crippen molar-refractivity contribution in [3.63, 3.8) is 0 Å². The van der Waals surface area contributed by atoms with E-state index in [0.29, 0.717) is 17.9 Å². The van der Waals surface area contributed by atoms with Crippen LogP contribution in [-0.2, 0) is 0 Å². The average molecular weight is 245 g/mol. The molecule has 1 aliphatic rings. The van der Waals surface area contributed by atoms with E-state index < -0.39 is 0 Å². The van der Waals surface area contributed by atoms with Gasteiger partial charge in [-0.25, -0.2) is 0 Å². The van der Waals surface area contributed by atoms with Crippen molar-refractivity contribution in [1.29, 1.82) is 5.26 Å². The third kappa shape index (κ3) is 2.16. The van der Waals surface area contributed by atoms with E-state index in [1.807, 2.05) is 13.8 Å². The van der Waals surface area contributed by atoms with E-state index in [0.717, 1.165) is 30.6 Å². The molecule has 1 aliphatic heterocycles. The molecule has 1 fully saturated rings. The number of aryl methyl sites for hydroxylation is 1. The van der Waals surface area contributed by atoms with Gasteiger partial charge >= 0.3 is 0 Å². The first-order chi connectivity index (χ1) is 8.69. The summed E-state index contributed by atoms with van der Waals surface area (Å²) in [6.45, 7) is 5.31. The first-order valence-electron chi connectivity index (χ1n) is 6.39. The number of hydrogen-bond acceptors (Lipinski definition) is 5. The summed E-state index contributed by atoms with van der Waals surface area (Å²) in [5.74, 6) is 0.704. The number of nitrogens with zero attached hydrogens (tertiary/aromatic N) is 4. The van der Waals surface area contributed by atoms with Crippen molar-refractivity contribution in [2.45, 2.75) is 39.2 Å². The van der Waals surface area contributed by atoms with Crippen LogP contribution in [-0.4, -0.2) is 29.3 Å². The molecular weight excluding hydrogens is 226 g/mol. The summed E-state index contributed by atoms with van der Waals surface area (Å²) in [4.78, 5) is 2.15. The van der Waals surface area contributed by atoms with Crippen LogP contribution in [0, 0.1) is 25.2 Å². The van der Waals surface area contributed by atoms with Crippen molar-refractivity contribution in [2.75, 3.05) is 18.0 Å². The second-order valence-electron chi connectivity index (χ2n) is 4.80. The van der Waals surface area contributed by atoms with Crippen molar-refractivity contribution in [1.82, 2.24) is 10.2 Å². The SMILES string of the molecule is Cc1nnc(N2CCCCC2CN)c(C#N)c1C. The quantitative estimate of drug-likeness (QED) is 0.849. The van der Waals surface area contributed by atoms with Crippen molar-refractivity contribution in [2.24, 2.45) is 5.73 Å². The minimum Gasteiger partial charge on any atom is -0.350 e. The van der Waals surface area contributed by atoms with E-state index in [9.17, 15) is 5.26 Å². The zero-order valence-corrected chi connectivity index (χ0v) is 11.0. The molecule has 0 radical (unpaired) electrons. The number of rotatable bonds is 2. The third-order valence-electron chi connectivity index (χ3n) is 3.72. The minimum absolute atomic E-state index is 0.280. The molecule has 0 saturated carbocycles. The molecule has 0 bridgehead atoms. The summed E-state index contributed by atoms with van der Waals surface area (Å²) in [5, 5.41) is 17.7. The molecule has 5 nitrogen and oxygen atoms in total. The molecule has 2 N–H and O–H groups in total. The number of nitrogens with two attached hydrogens (primary N) is 1. The molecule has 0 aromatic carbocycles. The molecule has 1 atom stereocenters. The zero-order valence-electron chi connectivity index (χ0n) is 11.0. The van der Waals surface area contributed by atoms with E-state index in [1.54, 1.807) is 0 Å². The lowest BCUT2D eigenvalue weighted by Crippen LogP contribution is -2.45. The first kappa shape index (κ1) is 12.8. The number of hydrogen-bond donors (Lipinski definition) is 1. The normalized spacial score (nSPS) is 19.7. The van der Waals surface area contributed by atoms with Crippen LogP contribution in [0.25, 0.3) is 0 Å². The summed E-state index contributed by atoms with van der Waals surface area (Å²) in [5.41, 5.74) is 8.20. The summed E-state index contributed by atoms with van der Waals surface area (Å²) in [7, 11) is 0. The van der Waals surface area contributed by atoms with Gasteiger partial charge in [0.1, 0.15) is 11.6 Å². The van der Waals surface area contributed by atoms with Crippen molar-refractivity contribution in [3.8, 4) is 6.07 Å². The average Bonchev–Trinajstić information content (AvgIpc) is 2.41. The van der Waals surface area contributed by atoms with E-state index in [4.69, 9.17) is 5.73 Å². The molecule has 18 heavy (non-hydrogen) atoms. The van der Waals surface area contributed by atoms with Gasteiger partial charge in [0.2, 0.25) is 0 Å². The van der Waals surface area contributed by atoms with Crippen LogP contribution in [0.1, 0.15) is 36.1 Å². The monoisotopic (exact) mass is 245 g/mol. The smallest absolute Gasteiger partial charge is 0.169 e. The van der Waals surface area contributed by atoms with Gasteiger partial charge in [0.25, 0.3) is 0 Å². The van der Waals surface area contributed by atoms with Crippen LogP contribution in [0.15, 0.2) is 0 Å². The molecule has 1 aromatic heterocycles. The third-order valence-corrected chi connectivity index (χ3v) is 3.72. The van der Waals surface area contributed by atoms with Crippen LogP contribution < -0.4 is 10.6 Å². The molecule has 2 rings (SSSR count). The Morgan fingerprint density at radius 2 is 2.17 bits per heavy atom. The summed E-state index contributed by atoms with van der Waals surface area (Å²) < 4.78 is 0. The van der Waals surface area contributed by atoms with Crippen molar-refractivity contribution >= 4 is 5.82 Å². The van der Waals surface area contributed by atoms with Crippen LogP contribution in [0.2, 0.25) is 0 Å². The number of nitriles is 1. The van der Waals surface area contributed by atoms with Gasteiger partial charge in [-0.05, 0) is 38.7 Å². The van der Waals surface area contributed by atoms with Crippen LogP contribution >= 0.6 is 0 Å². The van der Waals surface area contributed by atoms with E-state index in [-0.39, 0.29) is 6.04 Å². The maximum Gasteiger partial charge on any atom is 0.169 e. The van der Waals surface area contributed by atoms with Gasteiger partial charge in [-0.15, -0.1) is 5.10 Å². The number of aromatic nitrogens is 2. The molecule has 2 heterocycles. The molecule has 1 saturated heterocycles. The maximum atomic E-state index is 9.34. The lowest BCUT2D eigenvalue weighted by atomic mass is 10.0. The largest absolute Gasteiger partial charge is 0.350 e. The lowest BCUT2D eigenvalue weighted by molar-refractivity contribution is 0.460. The Morgan fingerprint density at radius 1 is 1.39 bits per heavy atom. The Morgan fingerprint density at radius 3 is 2.83 bits per heavy atom. The van der Waals surface area contributed by atoms with Gasteiger partial charge in [0.05, 0.1) is 5.69 Å². The fraction of sp³-hybridized carbons (Fsp3) is 0.615. The molecule has 96 valence electrons. The highest BCUT2D eigenvalue weighted by molar-refractivity contribution is 5.58. The Hall–Kier alpha value is -1.67. The van der Waals surface area contributed by atoms with Crippen LogP contribution in [0.4, 0.5) is 5.82 Å². The summed E-state index contributed by atoms with van der Waals surface area (Å²) >= 11 is 0. The van der Waals surface area contributed by atoms with Crippen molar-refractivity contribution in [3.05, 3.63) is 16.8 Å². The standard InChI is InChI=1S/C13H19N5/c1-9-10(2)16-17-13(12(9)8-15)18-6-4-3-5-11(18)7-14/h11H,3-7,14H2,1-2H3. The van der Waals surface area contributed by atoms with Gasteiger partial charge in [0, 0.05) is 19.1 Å². The highest BCUT2D eigenvalue weighted by Gasteiger charge is 2.26. The summed E-state index contributed by atoms with van der Waals surface area (Å²) in [6.07, 6.45) is 3.38. The summed E-state index contributed by atoms with van der Waals surface area (Å²) in [6, 6.07) is 2.54. The Bertz CT molecular complexity index is 477. The van der Waals surface area contributed by atoms with Crippen LogP contribution in [0.3, 0.4) is 0 Å². The topological polar surface area (TPSA) is 78.8 Å². The zero-order chi connectivity index (χ0) is 13.1. The van der Waals surface area contributed by atoms with E-state index >= 15 is 0 Å². The van der Waals surface area contributed by atoms with Crippen molar-refractivity contribution < 1.29 is 0 Å². The highest BCUT2D eigenvalue weighted by atomic mass is 15.3. The fourth-order valence-electron chi connectivity index (χ4n) is 2.46. The van der Waals surface area contributed by atoms with Gasteiger partial charge < -0.3 is 10.6 Å². The fourth-order valence-corrected chi connectivity index (χ4v) is 2.46. The molecule has 0 aliphatic carbocycles. The Kier molecular flexibility index (Phi) is 3.78. The minimum atomic E-state index is 0.280. The van der Waals surface area contributed by atoms with Gasteiger partial charge in [0.15, 0.2) is 5.82 Å². The molecule has 1 unspecified atom stereocenters. The number of anilines is 1. The molecular formula is C13H19N5. The molecule has 5 heteroatoms. The molecule has 1 aromatic rings. The second-order valence-corrected chi connectivity index (χ2v) is 4.80. The first-order valence-corrected chi connectivity index (χ1v) is 6.39. The van der Waals surface area contributed by atoms with Gasteiger partial charge in [-0.1, -0.05) is 0 Å². The second kappa shape index (κ2) is 5.32. The molecule has 0 amide bonds. The van der Waals surface area contributed by atoms with Crippen LogP contribution in [0.5, 0.6) is 0 Å². The van der Waals surface area contributed by atoms with E-state index in [1.165, 1.54) is 6.42 Å². The van der Waals surface area contributed by atoms with E-state index in [2.05, 4.69) is 21.2 Å². The van der Waals surface area contributed by atoms with Gasteiger partial charge in [-0.3, -0.25) is 0 Å². The number of piperidine rings is 1. The lowest BCUT2D eigenvalue weighted by Gasteiger charge is -2.36. The highest BCUT2D eigenvalue weighted by Crippen LogP contribution is 2.27. The molecule has 0 spiro atoms. The Balaban J connectivity index is 2.44.